The summed E-state index contributed by atoms with van der Waals surface area (Å²) in [7, 11) is 0. The van der Waals surface area contributed by atoms with Gasteiger partial charge in [-0.3, -0.25) is 4.79 Å². The third-order valence-electron chi connectivity index (χ3n) is 4.12. The van der Waals surface area contributed by atoms with Crippen LogP contribution in [0.25, 0.3) is 0 Å². The highest BCUT2D eigenvalue weighted by atomic mass is 16.5. The molecule has 0 fully saturated rings. The number of amides is 1. The fourth-order valence-corrected chi connectivity index (χ4v) is 2.48. The van der Waals surface area contributed by atoms with Crippen LogP contribution in [0.5, 0.6) is 5.75 Å². The minimum atomic E-state index is -0.504. The average Bonchev–Trinajstić information content (AvgIpc) is 2.56. The van der Waals surface area contributed by atoms with Gasteiger partial charge in [0.25, 0.3) is 5.91 Å². The first-order chi connectivity index (χ1) is 11.4. The number of rotatable bonds is 6. The van der Waals surface area contributed by atoms with Gasteiger partial charge >= 0.3 is 0 Å². The second kappa shape index (κ2) is 8.00. The molecule has 0 spiro atoms. The molecule has 1 atom stereocenters. The van der Waals surface area contributed by atoms with Crippen LogP contribution in [-0.2, 0) is 4.79 Å². The van der Waals surface area contributed by atoms with Crippen LogP contribution in [0.1, 0.15) is 49.8 Å². The number of hydrogen-bond acceptors (Lipinski definition) is 2. The summed E-state index contributed by atoms with van der Waals surface area (Å²) in [5.74, 6) is 1.13. The Balaban J connectivity index is 2.07. The second-order valence-corrected chi connectivity index (χ2v) is 6.55. The summed E-state index contributed by atoms with van der Waals surface area (Å²) < 4.78 is 5.96. The summed E-state index contributed by atoms with van der Waals surface area (Å²) >= 11 is 0. The van der Waals surface area contributed by atoms with Gasteiger partial charge in [0.05, 0.1) is 0 Å². The van der Waals surface area contributed by atoms with E-state index in [0.29, 0.717) is 12.3 Å². The fourth-order valence-electron chi connectivity index (χ4n) is 2.48. The van der Waals surface area contributed by atoms with Gasteiger partial charge in [0, 0.05) is 5.69 Å². The number of benzene rings is 2. The van der Waals surface area contributed by atoms with Crippen LogP contribution < -0.4 is 10.1 Å². The van der Waals surface area contributed by atoms with Crippen LogP contribution in [0.3, 0.4) is 0 Å². The van der Waals surface area contributed by atoms with Crippen LogP contribution in [0.15, 0.2) is 42.5 Å². The van der Waals surface area contributed by atoms with Crippen molar-refractivity contribution in [2.24, 2.45) is 0 Å². The maximum absolute atomic E-state index is 12.5. The van der Waals surface area contributed by atoms with E-state index in [1.54, 1.807) is 0 Å². The Morgan fingerprint density at radius 3 is 2.33 bits per heavy atom. The van der Waals surface area contributed by atoms with Gasteiger partial charge in [-0.25, -0.2) is 0 Å². The van der Waals surface area contributed by atoms with E-state index in [1.165, 1.54) is 5.56 Å². The van der Waals surface area contributed by atoms with E-state index in [1.807, 2.05) is 63.2 Å². The molecule has 1 amide bonds. The lowest BCUT2D eigenvalue weighted by Crippen LogP contribution is -2.32. The van der Waals surface area contributed by atoms with Gasteiger partial charge in [0.1, 0.15) is 5.75 Å². The Morgan fingerprint density at radius 2 is 1.75 bits per heavy atom. The zero-order valence-corrected chi connectivity index (χ0v) is 15.2. The predicted octanol–water partition coefficient (Wildman–Crippen LogP) is 5.22. The molecular weight excluding hydrogens is 298 g/mol. The molecule has 3 nitrogen and oxygen atoms in total. The van der Waals surface area contributed by atoms with E-state index < -0.39 is 6.10 Å². The second-order valence-electron chi connectivity index (χ2n) is 6.55. The molecule has 0 aliphatic carbocycles. The van der Waals surface area contributed by atoms with Crippen molar-refractivity contribution >= 4 is 11.6 Å². The van der Waals surface area contributed by atoms with Gasteiger partial charge in [-0.05, 0) is 61.1 Å². The normalized spacial score (nSPS) is 12.1. The molecule has 0 aliphatic heterocycles. The lowest BCUT2D eigenvalue weighted by atomic mass is 10.0. The van der Waals surface area contributed by atoms with E-state index in [4.69, 9.17) is 4.74 Å². The van der Waals surface area contributed by atoms with Crippen molar-refractivity contribution in [3.63, 3.8) is 0 Å². The molecule has 128 valence electrons. The van der Waals surface area contributed by atoms with Gasteiger partial charge < -0.3 is 10.1 Å². The molecule has 24 heavy (non-hydrogen) atoms. The smallest absolute Gasteiger partial charge is 0.265 e. The molecule has 0 saturated heterocycles. The molecule has 0 unspecified atom stereocenters. The summed E-state index contributed by atoms with van der Waals surface area (Å²) in [5.41, 5.74) is 4.21. The standard InChI is InChI=1S/C21H27NO2/c1-6-19(24-20-13-15(4)7-8-16(20)5)21(23)22-18-11-9-17(10-12-18)14(2)3/h7-14,19H,6H2,1-5H3,(H,22,23)/t19-/m0/s1. The highest BCUT2D eigenvalue weighted by Crippen LogP contribution is 2.22. The first-order valence-electron chi connectivity index (χ1n) is 8.55. The molecule has 3 heteroatoms. The largest absolute Gasteiger partial charge is 0.480 e. The monoisotopic (exact) mass is 325 g/mol. The van der Waals surface area contributed by atoms with Crippen molar-refractivity contribution in [2.75, 3.05) is 5.32 Å². The molecule has 2 rings (SSSR count). The summed E-state index contributed by atoms with van der Waals surface area (Å²) in [4.78, 5) is 12.5. The zero-order valence-electron chi connectivity index (χ0n) is 15.2. The Kier molecular flexibility index (Phi) is 6.02. The number of aryl methyl sites for hydroxylation is 2. The van der Waals surface area contributed by atoms with Crippen molar-refractivity contribution in [1.82, 2.24) is 0 Å². The van der Waals surface area contributed by atoms with Crippen LogP contribution in [0.2, 0.25) is 0 Å². The van der Waals surface area contributed by atoms with Gasteiger partial charge in [-0.15, -0.1) is 0 Å². The van der Waals surface area contributed by atoms with Gasteiger partial charge in [0.15, 0.2) is 6.10 Å². The fraction of sp³-hybridized carbons (Fsp3) is 0.381. The molecular formula is C21H27NO2. The summed E-state index contributed by atoms with van der Waals surface area (Å²) in [5, 5.41) is 2.95. The molecule has 0 aromatic heterocycles. The van der Waals surface area contributed by atoms with Gasteiger partial charge in [-0.2, -0.15) is 0 Å². The summed E-state index contributed by atoms with van der Waals surface area (Å²) in [6, 6.07) is 14.0. The highest BCUT2D eigenvalue weighted by molar-refractivity contribution is 5.94. The number of hydrogen-bond donors (Lipinski definition) is 1. The Hall–Kier alpha value is -2.29. The minimum absolute atomic E-state index is 0.115. The van der Waals surface area contributed by atoms with Gasteiger partial charge in [-0.1, -0.05) is 45.0 Å². The Bertz CT molecular complexity index is 689. The number of nitrogens with one attached hydrogen (secondary N) is 1. The molecule has 0 radical (unpaired) electrons. The number of carbonyl (C=O) groups excluding carboxylic acids is 1. The van der Waals surface area contributed by atoms with Crippen molar-refractivity contribution in [2.45, 2.75) is 53.1 Å². The zero-order chi connectivity index (χ0) is 17.7. The highest BCUT2D eigenvalue weighted by Gasteiger charge is 2.19. The SMILES string of the molecule is CC[C@H](Oc1cc(C)ccc1C)C(=O)Nc1ccc(C(C)C)cc1. The quantitative estimate of drug-likeness (QED) is 0.790. The van der Waals surface area contributed by atoms with Crippen LogP contribution >= 0.6 is 0 Å². The molecule has 1 N–H and O–H groups in total. The van der Waals surface area contributed by atoms with E-state index in [2.05, 4.69) is 19.2 Å². The van der Waals surface area contributed by atoms with Crippen molar-refractivity contribution in [3.05, 3.63) is 59.2 Å². The maximum atomic E-state index is 12.5. The molecule has 0 aliphatic rings. The van der Waals surface area contributed by atoms with Crippen molar-refractivity contribution in [3.8, 4) is 5.75 Å². The van der Waals surface area contributed by atoms with Crippen molar-refractivity contribution in [1.29, 1.82) is 0 Å². The Morgan fingerprint density at radius 1 is 1.08 bits per heavy atom. The molecule has 0 bridgehead atoms. The average molecular weight is 325 g/mol. The molecule has 0 saturated carbocycles. The lowest BCUT2D eigenvalue weighted by Gasteiger charge is -2.19. The first-order valence-corrected chi connectivity index (χ1v) is 8.55. The van der Waals surface area contributed by atoms with Crippen LogP contribution in [0.4, 0.5) is 5.69 Å². The third kappa shape index (κ3) is 4.60. The first kappa shape index (κ1) is 18.1. The topological polar surface area (TPSA) is 38.3 Å². The van der Waals surface area contributed by atoms with Crippen molar-refractivity contribution < 1.29 is 9.53 Å². The minimum Gasteiger partial charge on any atom is -0.480 e. The van der Waals surface area contributed by atoms with E-state index in [-0.39, 0.29) is 5.91 Å². The van der Waals surface area contributed by atoms with E-state index >= 15 is 0 Å². The van der Waals surface area contributed by atoms with Crippen LogP contribution in [0, 0.1) is 13.8 Å². The number of anilines is 1. The molecule has 0 heterocycles. The Labute approximate surface area is 145 Å². The van der Waals surface area contributed by atoms with E-state index in [9.17, 15) is 4.79 Å². The van der Waals surface area contributed by atoms with Gasteiger partial charge in [0.2, 0.25) is 0 Å². The number of ether oxygens (including phenoxy) is 1. The third-order valence-corrected chi connectivity index (χ3v) is 4.12. The molecule has 2 aromatic rings. The lowest BCUT2D eigenvalue weighted by molar-refractivity contribution is -0.122. The number of carbonyl (C=O) groups is 1. The summed E-state index contributed by atoms with van der Waals surface area (Å²) in [6.45, 7) is 10.3. The summed E-state index contributed by atoms with van der Waals surface area (Å²) in [6.07, 6.45) is 0.110. The predicted molar refractivity (Wildman–Crippen MR) is 99.8 cm³/mol. The van der Waals surface area contributed by atoms with Crippen LogP contribution in [-0.4, -0.2) is 12.0 Å². The molecule has 2 aromatic carbocycles. The van der Waals surface area contributed by atoms with E-state index in [0.717, 1.165) is 22.6 Å². The maximum Gasteiger partial charge on any atom is 0.265 e.